The highest BCUT2D eigenvalue weighted by molar-refractivity contribution is 8.03. The Morgan fingerprint density at radius 1 is 0.744 bits per heavy atom. The lowest BCUT2D eigenvalue weighted by Gasteiger charge is -2.23. The molecule has 2 aromatic carbocycles. The second kappa shape index (κ2) is 10.6. The Bertz CT molecular complexity index is 1400. The average molecular weight is 577 g/mol. The van der Waals surface area contributed by atoms with Gasteiger partial charge in [0.15, 0.2) is 20.2 Å². The summed E-state index contributed by atoms with van der Waals surface area (Å²) in [6, 6.07) is 16.5. The number of thioether (sulfide) groups is 2. The molecule has 2 aliphatic heterocycles. The van der Waals surface area contributed by atoms with E-state index >= 15 is 0 Å². The maximum atomic E-state index is 12.9. The minimum Gasteiger partial charge on any atom is -0.347 e. The number of fused-ring (bicyclic) bond motifs is 2. The summed E-state index contributed by atoms with van der Waals surface area (Å²) in [7, 11) is 4.02. The summed E-state index contributed by atoms with van der Waals surface area (Å²) in [5.41, 5.74) is 6.25. The molecule has 9 heteroatoms. The van der Waals surface area contributed by atoms with Gasteiger partial charge >= 0.3 is 0 Å². The average Bonchev–Trinajstić information content (AvgIpc) is 3.51. The summed E-state index contributed by atoms with van der Waals surface area (Å²) in [5.74, 6) is 0.656. The predicted molar refractivity (Wildman–Crippen MR) is 163 cm³/mol. The molecule has 1 aromatic heterocycles. The van der Waals surface area contributed by atoms with E-state index in [0.717, 1.165) is 31.4 Å². The van der Waals surface area contributed by atoms with Crippen LogP contribution in [0.15, 0.2) is 80.8 Å². The van der Waals surface area contributed by atoms with Gasteiger partial charge in [0.25, 0.3) is 0 Å². The van der Waals surface area contributed by atoms with Gasteiger partial charge in [0.2, 0.25) is 0 Å². The molecule has 0 bridgehead atoms. The highest BCUT2D eigenvalue weighted by Gasteiger charge is 2.39. The number of rotatable bonds is 8. The first-order valence-electron chi connectivity index (χ1n) is 12.8. The van der Waals surface area contributed by atoms with Crippen LogP contribution in [0.4, 0.5) is 11.4 Å². The highest BCUT2D eigenvalue weighted by Crippen LogP contribution is 2.47. The lowest BCUT2D eigenvalue weighted by Crippen LogP contribution is -2.24. The monoisotopic (exact) mass is 576 g/mol. The van der Waals surface area contributed by atoms with E-state index in [4.69, 9.17) is 0 Å². The molecule has 39 heavy (non-hydrogen) atoms. The minimum absolute atomic E-state index is 0.0400. The number of hydrogen-bond donors (Lipinski definition) is 0. The van der Waals surface area contributed by atoms with E-state index < -0.39 is 0 Å². The van der Waals surface area contributed by atoms with Crippen molar-refractivity contribution in [3.63, 3.8) is 0 Å². The van der Waals surface area contributed by atoms with Gasteiger partial charge in [-0.3, -0.25) is 9.59 Å². The van der Waals surface area contributed by atoms with Gasteiger partial charge in [0.1, 0.15) is 0 Å². The number of ketones is 2. The van der Waals surface area contributed by atoms with Crippen molar-refractivity contribution in [2.75, 3.05) is 35.4 Å². The van der Waals surface area contributed by atoms with Crippen molar-refractivity contribution in [3.05, 3.63) is 83.2 Å². The summed E-state index contributed by atoms with van der Waals surface area (Å²) in [5, 5.41) is 8.46. The fraction of sp³-hybridized carbons (Fsp3) is 0.333. The quantitative estimate of drug-likeness (QED) is 0.223. The van der Waals surface area contributed by atoms with E-state index in [-0.39, 0.29) is 33.9 Å². The zero-order valence-corrected chi connectivity index (χ0v) is 25.5. The van der Waals surface area contributed by atoms with Crippen LogP contribution in [0.3, 0.4) is 0 Å². The molecule has 0 saturated carbocycles. The van der Waals surface area contributed by atoms with Gasteiger partial charge in [-0.1, -0.05) is 99.0 Å². The van der Waals surface area contributed by atoms with Gasteiger partial charge in [0, 0.05) is 59.8 Å². The Morgan fingerprint density at radius 3 is 1.51 bits per heavy atom. The fourth-order valence-corrected chi connectivity index (χ4v) is 8.15. The van der Waals surface area contributed by atoms with E-state index in [1.165, 1.54) is 46.0 Å². The molecule has 6 nitrogen and oxygen atoms in total. The molecule has 0 spiro atoms. The second-order valence-corrected chi connectivity index (χ2v) is 14.2. The van der Waals surface area contributed by atoms with Crippen molar-refractivity contribution in [1.29, 1.82) is 0 Å². The van der Waals surface area contributed by atoms with Crippen LogP contribution in [0.2, 0.25) is 0 Å². The van der Waals surface area contributed by atoms with Crippen molar-refractivity contribution >= 4 is 57.8 Å². The molecule has 0 radical (unpaired) electrons. The number of carbonyl (C=O) groups is 2. The third-order valence-corrected chi connectivity index (χ3v) is 10.8. The molecule has 202 valence electrons. The first-order chi connectivity index (χ1) is 18.5. The Hall–Kier alpha value is -2.88. The van der Waals surface area contributed by atoms with Gasteiger partial charge in [-0.25, -0.2) is 0 Å². The zero-order valence-electron chi connectivity index (χ0n) is 23.0. The van der Waals surface area contributed by atoms with Gasteiger partial charge in [-0.15, -0.1) is 10.2 Å². The Kier molecular flexibility index (Phi) is 7.52. The number of hydrogen-bond acceptors (Lipinski definition) is 9. The number of benzene rings is 2. The molecule has 2 aliphatic rings. The molecule has 3 heterocycles. The topological polar surface area (TPSA) is 66.4 Å². The van der Waals surface area contributed by atoms with Crippen LogP contribution < -0.4 is 9.80 Å². The minimum atomic E-state index is -0.231. The zero-order chi connectivity index (χ0) is 27.9. The molecule has 0 unspecified atom stereocenters. The molecule has 0 fully saturated rings. The molecule has 0 atom stereocenters. The van der Waals surface area contributed by atoms with Crippen LogP contribution in [0.5, 0.6) is 0 Å². The molecular formula is C30H32N4O2S3. The first kappa shape index (κ1) is 27.7. The molecule has 5 rings (SSSR count). The summed E-state index contributed by atoms with van der Waals surface area (Å²) >= 11 is 4.19. The molecule has 0 amide bonds. The molecule has 0 saturated heterocycles. The number of nitrogens with zero attached hydrogens (tertiary/aromatic N) is 4. The number of allylic oxidation sites excluding steroid dienone is 4. The van der Waals surface area contributed by atoms with E-state index in [1.54, 1.807) is 12.2 Å². The summed E-state index contributed by atoms with van der Waals surface area (Å²) in [6.07, 6.45) is 3.52. The maximum absolute atomic E-state index is 12.9. The van der Waals surface area contributed by atoms with Crippen molar-refractivity contribution in [3.8, 4) is 0 Å². The number of anilines is 2. The Morgan fingerprint density at radius 2 is 1.13 bits per heavy atom. The fourth-order valence-electron chi connectivity index (χ4n) is 5.49. The predicted octanol–water partition coefficient (Wildman–Crippen LogP) is 6.48. The maximum Gasteiger partial charge on any atom is 0.175 e. The van der Waals surface area contributed by atoms with Crippen LogP contribution >= 0.6 is 34.9 Å². The first-order valence-corrected chi connectivity index (χ1v) is 15.5. The van der Waals surface area contributed by atoms with Crippen LogP contribution in [-0.4, -0.2) is 47.4 Å². The molecule has 0 aliphatic carbocycles. The second-order valence-electron chi connectivity index (χ2n) is 10.8. The van der Waals surface area contributed by atoms with Crippen molar-refractivity contribution in [2.45, 2.75) is 47.2 Å². The van der Waals surface area contributed by atoms with Gasteiger partial charge < -0.3 is 9.80 Å². The number of para-hydroxylation sites is 2. The van der Waals surface area contributed by atoms with Crippen molar-refractivity contribution < 1.29 is 9.59 Å². The largest absolute Gasteiger partial charge is 0.347 e. The third kappa shape index (κ3) is 5.19. The van der Waals surface area contributed by atoms with Crippen molar-refractivity contribution in [1.82, 2.24) is 10.2 Å². The number of likely N-dealkylation sites (N-methyl/N-ethyl adjacent to an activating group) is 2. The van der Waals surface area contributed by atoms with Gasteiger partial charge in [0.05, 0.1) is 11.5 Å². The van der Waals surface area contributed by atoms with Gasteiger partial charge in [-0.2, -0.15) is 0 Å². The van der Waals surface area contributed by atoms with E-state index in [9.17, 15) is 9.59 Å². The van der Waals surface area contributed by atoms with Crippen LogP contribution in [-0.2, 0) is 20.4 Å². The Balaban J connectivity index is 1.17. The molecular weight excluding hydrogens is 545 g/mol. The third-order valence-electron chi connectivity index (χ3n) is 7.54. The van der Waals surface area contributed by atoms with Crippen LogP contribution in [0.1, 0.15) is 38.8 Å². The lowest BCUT2D eigenvalue weighted by atomic mass is 9.83. The Labute approximate surface area is 242 Å². The van der Waals surface area contributed by atoms with E-state index in [2.05, 4.69) is 72.0 Å². The lowest BCUT2D eigenvalue weighted by molar-refractivity contribution is -0.113. The summed E-state index contributed by atoms with van der Waals surface area (Å²) in [6.45, 7) is 8.60. The number of carbonyl (C=O) groups excluding carboxylic acids is 2. The summed E-state index contributed by atoms with van der Waals surface area (Å²) < 4.78 is 1.45. The van der Waals surface area contributed by atoms with E-state index in [1.807, 2.05) is 38.4 Å². The summed E-state index contributed by atoms with van der Waals surface area (Å²) in [4.78, 5) is 30.0. The SMILES string of the molecule is CN1C(=CC(=O)CSc2nnc(SCC(=O)C=C3N(C)c4ccccc4C3(C)C)s2)C(C)(C)c2ccccc21. The van der Waals surface area contributed by atoms with Crippen LogP contribution in [0, 0.1) is 0 Å². The smallest absolute Gasteiger partial charge is 0.175 e. The van der Waals surface area contributed by atoms with Gasteiger partial charge in [-0.05, 0) is 23.3 Å². The highest BCUT2D eigenvalue weighted by atomic mass is 32.2. The molecule has 0 N–H and O–H groups in total. The van der Waals surface area contributed by atoms with Crippen LogP contribution in [0.25, 0.3) is 0 Å². The molecule has 3 aromatic rings. The van der Waals surface area contributed by atoms with Crippen molar-refractivity contribution in [2.24, 2.45) is 0 Å². The standard InChI is InChI=1S/C30H32N4O2S3/c1-29(2)21-11-7-9-13-23(21)33(5)25(29)15-19(35)17-37-27-31-32-28(39-27)38-18-20(36)16-26-30(3,4)22-12-8-10-14-24(22)34(26)6/h7-16H,17-18H2,1-6H3. The van der Waals surface area contributed by atoms with E-state index in [0.29, 0.717) is 0 Å². The normalized spacial score (nSPS) is 19.0. The number of aromatic nitrogens is 2.